The van der Waals surface area contributed by atoms with Crippen molar-refractivity contribution in [3.05, 3.63) is 86.9 Å². The van der Waals surface area contributed by atoms with E-state index >= 15 is 0 Å². The highest BCUT2D eigenvalue weighted by Crippen LogP contribution is 2.39. The van der Waals surface area contributed by atoms with Crippen LogP contribution in [0.15, 0.2) is 59.5 Å². The number of aryl methyl sites for hydroxylation is 2. The number of thioether (sulfide) groups is 1. The van der Waals surface area contributed by atoms with E-state index in [9.17, 15) is 9.59 Å². The second kappa shape index (κ2) is 13.7. The lowest BCUT2D eigenvalue weighted by molar-refractivity contribution is -0.0639. The molecule has 1 heterocycles. The first-order chi connectivity index (χ1) is 19.9. The van der Waals surface area contributed by atoms with Crippen LogP contribution in [0, 0.1) is 19.8 Å². The number of aliphatic hydroxyl groups excluding tert-OH is 1. The lowest BCUT2D eigenvalue weighted by Crippen LogP contribution is -2.34. The summed E-state index contributed by atoms with van der Waals surface area (Å²) in [5, 5.41) is 9.69. The number of carbonyl (C=O) groups excluding carboxylic acids is 2. The number of hydrogen-bond donors (Lipinski definition) is 1. The molecule has 4 rings (SSSR count). The van der Waals surface area contributed by atoms with Gasteiger partial charge in [-0.25, -0.2) is 4.79 Å². The molecule has 1 saturated heterocycles. The number of hydrogen-bond acceptors (Lipinski definition) is 7. The predicted molar refractivity (Wildman–Crippen MR) is 167 cm³/mol. The minimum atomic E-state index is -0.667. The molecule has 7 nitrogen and oxygen atoms in total. The lowest BCUT2D eigenvalue weighted by atomic mass is 9.82. The van der Waals surface area contributed by atoms with Crippen molar-refractivity contribution in [1.82, 2.24) is 4.90 Å². The van der Waals surface area contributed by atoms with Crippen molar-refractivity contribution >= 4 is 46.8 Å². The molecule has 2 atom stereocenters. The number of carbonyl (C=O) groups is 2. The SMILES string of the molecule is CSc1ccc(C(=O)[C@H]2CN(C(=O)Oc3ccc(Cl)c(Cl)c3)C[C@@H]2c2cc(C)c(OC(C)(C)COCO)c(C)c2)cc1. The molecule has 10 heteroatoms. The number of rotatable bonds is 10. The van der Waals surface area contributed by atoms with Crippen LogP contribution in [0.1, 0.15) is 46.8 Å². The fraction of sp³-hybridized carbons (Fsp3) is 0.375. The van der Waals surface area contributed by atoms with Crippen LogP contribution in [0.2, 0.25) is 10.0 Å². The molecule has 1 aliphatic heterocycles. The van der Waals surface area contributed by atoms with E-state index in [2.05, 4.69) is 0 Å². The lowest BCUT2D eigenvalue weighted by Gasteiger charge is -2.29. The molecule has 224 valence electrons. The van der Waals surface area contributed by atoms with Gasteiger partial charge in [0.15, 0.2) is 5.78 Å². The molecule has 1 fully saturated rings. The molecule has 0 spiro atoms. The maximum absolute atomic E-state index is 13.9. The number of likely N-dealkylation sites (tertiary alicyclic amines) is 1. The largest absolute Gasteiger partial charge is 0.485 e. The van der Waals surface area contributed by atoms with E-state index in [1.807, 2.05) is 70.3 Å². The van der Waals surface area contributed by atoms with Crippen molar-refractivity contribution in [2.45, 2.75) is 44.1 Å². The summed E-state index contributed by atoms with van der Waals surface area (Å²) in [5.41, 5.74) is 2.66. The minimum Gasteiger partial charge on any atom is -0.485 e. The first kappa shape index (κ1) is 32.2. The number of ether oxygens (including phenoxy) is 3. The summed E-state index contributed by atoms with van der Waals surface area (Å²) >= 11 is 13.7. The van der Waals surface area contributed by atoms with Gasteiger partial charge in [0.25, 0.3) is 0 Å². The Kier molecular flexibility index (Phi) is 10.5. The molecule has 0 unspecified atom stereocenters. The molecule has 0 bridgehead atoms. The van der Waals surface area contributed by atoms with Crippen molar-refractivity contribution in [3.63, 3.8) is 0 Å². The summed E-state index contributed by atoms with van der Waals surface area (Å²) in [6.07, 6.45) is 1.42. The molecule has 1 amide bonds. The number of halogens is 2. The van der Waals surface area contributed by atoms with Gasteiger partial charge >= 0.3 is 6.09 Å². The first-order valence-electron chi connectivity index (χ1n) is 13.5. The Hall–Kier alpha value is -2.75. The van der Waals surface area contributed by atoms with Gasteiger partial charge in [-0.15, -0.1) is 11.8 Å². The van der Waals surface area contributed by atoms with Gasteiger partial charge in [0.1, 0.15) is 23.9 Å². The summed E-state index contributed by atoms with van der Waals surface area (Å²) < 4.78 is 17.1. The van der Waals surface area contributed by atoms with Crippen molar-refractivity contribution in [2.75, 3.05) is 32.7 Å². The van der Waals surface area contributed by atoms with E-state index in [1.54, 1.807) is 28.8 Å². The Morgan fingerprint density at radius 3 is 2.26 bits per heavy atom. The number of nitrogens with zero attached hydrogens (tertiary/aromatic N) is 1. The standard InChI is InChI=1S/C32H35Cl2NO6S/c1-19-12-22(13-20(2)30(19)41-32(3,4)17-39-18-36)25-15-35(31(38)40-23-8-11-27(33)28(34)14-23)16-26(25)29(37)21-6-9-24(42-5)10-7-21/h6-14,25-26,36H,15-18H2,1-5H3/t25-,26+/m1/s1. The zero-order valence-electron chi connectivity index (χ0n) is 24.3. The fourth-order valence-corrected chi connectivity index (χ4v) is 5.88. The van der Waals surface area contributed by atoms with Crippen LogP contribution < -0.4 is 9.47 Å². The maximum Gasteiger partial charge on any atom is 0.415 e. The van der Waals surface area contributed by atoms with Gasteiger partial charge in [-0.3, -0.25) is 4.79 Å². The van der Waals surface area contributed by atoms with E-state index in [4.69, 9.17) is 42.5 Å². The van der Waals surface area contributed by atoms with E-state index in [-0.39, 0.29) is 42.4 Å². The van der Waals surface area contributed by atoms with E-state index < -0.39 is 17.6 Å². The Balaban J connectivity index is 1.64. The van der Waals surface area contributed by atoms with Crippen LogP contribution in [0.5, 0.6) is 11.5 Å². The smallest absolute Gasteiger partial charge is 0.415 e. The normalized spacial score (nSPS) is 16.9. The molecule has 0 saturated carbocycles. The van der Waals surface area contributed by atoms with Gasteiger partial charge in [-0.2, -0.15) is 0 Å². The number of benzene rings is 3. The third-order valence-corrected chi connectivity index (χ3v) is 8.70. The third kappa shape index (κ3) is 7.60. The molecule has 1 N–H and O–H groups in total. The third-order valence-electron chi connectivity index (χ3n) is 7.22. The second-order valence-electron chi connectivity index (χ2n) is 11.0. The van der Waals surface area contributed by atoms with Crippen LogP contribution >= 0.6 is 35.0 Å². The van der Waals surface area contributed by atoms with Crippen LogP contribution in [0.3, 0.4) is 0 Å². The Bertz CT molecular complexity index is 1420. The summed E-state index contributed by atoms with van der Waals surface area (Å²) in [4.78, 5) is 29.8. The van der Waals surface area contributed by atoms with Gasteiger partial charge in [0, 0.05) is 41.5 Å². The van der Waals surface area contributed by atoms with Crippen LogP contribution in [0.25, 0.3) is 0 Å². The van der Waals surface area contributed by atoms with Crippen molar-refractivity contribution < 1.29 is 28.9 Å². The van der Waals surface area contributed by atoms with Gasteiger partial charge < -0.3 is 24.2 Å². The van der Waals surface area contributed by atoms with Crippen LogP contribution in [-0.4, -0.2) is 60.2 Å². The van der Waals surface area contributed by atoms with Crippen molar-refractivity contribution in [3.8, 4) is 11.5 Å². The highest BCUT2D eigenvalue weighted by Gasteiger charge is 2.42. The Morgan fingerprint density at radius 1 is 1.00 bits per heavy atom. The molecular weight excluding hydrogens is 597 g/mol. The van der Waals surface area contributed by atoms with Crippen LogP contribution in [-0.2, 0) is 4.74 Å². The summed E-state index contributed by atoms with van der Waals surface area (Å²) in [7, 11) is 0. The monoisotopic (exact) mass is 631 g/mol. The molecule has 0 radical (unpaired) electrons. The average Bonchev–Trinajstić information content (AvgIpc) is 3.41. The minimum absolute atomic E-state index is 0.0320. The summed E-state index contributed by atoms with van der Waals surface area (Å²) in [6, 6.07) is 16.2. The number of Topliss-reactive ketones (excluding diaryl/α,β-unsaturated/α-hetero) is 1. The maximum atomic E-state index is 13.9. The molecular formula is C32H35Cl2NO6S. The Morgan fingerprint density at radius 2 is 1.67 bits per heavy atom. The molecule has 1 aliphatic rings. The highest BCUT2D eigenvalue weighted by molar-refractivity contribution is 7.98. The average molecular weight is 633 g/mol. The highest BCUT2D eigenvalue weighted by atomic mass is 35.5. The fourth-order valence-electron chi connectivity index (χ4n) is 5.19. The van der Waals surface area contributed by atoms with Gasteiger partial charge in [0.2, 0.25) is 0 Å². The zero-order chi connectivity index (χ0) is 30.6. The summed E-state index contributed by atoms with van der Waals surface area (Å²) in [5.74, 6) is 0.210. The van der Waals surface area contributed by atoms with Gasteiger partial charge in [-0.05, 0) is 74.9 Å². The van der Waals surface area contributed by atoms with Crippen LogP contribution in [0.4, 0.5) is 4.79 Å². The van der Waals surface area contributed by atoms with Gasteiger partial charge in [-0.1, -0.05) is 47.5 Å². The molecule has 3 aromatic carbocycles. The van der Waals surface area contributed by atoms with Crippen molar-refractivity contribution in [2.24, 2.45) is 5.92 Å². The molecule has 42 heavy (non-hydrogen) atoms. The predicted octanol–water partition coefficient (Wildman–Crippen LogP) is 7.55. The molecule has 0 aliphatic carbocycles. The zero-order valence-corrected chi connectivity index (χ0v) is 26.6. The first-order valence-corrected chi connectivity index (χ1v) is 15.5. The van der Waals surface area contributed by atoms with Gasteiger partial charge in [0.05, 0.1) is 16.7 Å². The molecule has 3 aromatic rings. The number of ketones is 1. The number of amides is 1. The van der Waals surface area contributed by atoms with E-state index in [0.717, 1.165) is 27.3 Å². The van der Waals surface area contributed by atoms with Crippen molar-refractivity contribution in [1.29, 1.82) is 0 Å². The topological polar surface area (TPSA) is 85.3 Å². The Labute approximate surface area is 261 Å². The number of aliphatic hydroxyl groups is 1. The quantitative estimate of drug-likeness (QED) is 0.140. The molecule has 0 aromatic heterocycles. The summed E-state index contributed by atoms with van der Waals surface area (Å²) in [6.45, 7) is 8.03. The second-order valence-corrected chi connectivity index (χ2v) is 12.7. The van der Waals surface area contributed by atoms with E-state index in [1.165, 1.54) is 6.07 Å². The van der Waals surface area contributed by atoms with E-state index in [0.29, 0.717) is 17.1 Å².